The smallest absolute Gasteiger partial charge is 0.306 e. The van der Waals surface area contributed by atoms with Crippen LogP contribution in [0.25, 0.3) is 0 Å². The van der Waals surface area contributed by atoms with E-state index in [1.165, 1.54) is 100 Å². The van der Waals surface area contributed by atoms with Crippen LogP contribution in [0, 0.1) is 0 Å². The van der Waals surface area contributed by atoms with Crippen LogP contribution in [0.5, 0.6) is 5.75 Å². The number of nitrogens with zero attached hydrogens (tertiary/aromatic N) is 1. The van der Waals surface area contributed by atoms with Crippen molar-refractivity contribution in [1.82, 2.24) is 0 Å². The van der Waals surface area contributed by atoms with Crippen molar-refractivity contribution in [3.8, 4) is 5.75 Å². The minimum absolute atomic E-state index is 0.0931. The molecule has 1 atom stereocenters. The second kappa shape index (κ2) is 28.9. The van der Waals surface area contributed by atoms with Gasteiger partial charge in [-0.2, -0.15) is 0 Å². The molecule has 6 nitrogen and oxygen atoms in total. The standard InChI is InChI=1S/C52H81NO5Si/c1-6-8-10-12-14-16-17-19-21-23-31-40-51(56)58-47(35-26-22-20-18-15-13-11-9-7-2)44-50(55)53(45-33-32-34-46(54)43-45)41-42-57-59(52(3,4)5,48-36-27-24-28-37-48)49-38-29-25-30-39-49/h24-25,27-30,32-34,36-39,43,47,54H,6-23,26,31,35,40-42,44H2,1-5H3. The maximum Gasteiger partial charge on any atom is 0.306 e. The highest BCUT2D eigenvalue weighted by molar-refractivity contribution is 6.99. The molecule has 0 aliphatic carbocycles. The number of anilines is 1. The molecule has 0 aliphatic rings. The van der Waals surface area contributed by atoms with Crippen molar-refractivity contribution in [3.05, 3.63) is 84.9 Å². The fraction of sp³-hybridized carbons (Fsp3) is 0.615. The number of phenols is 1. The number of rotatable bonds is 32. The van der Waals surface area contributed by atoms with E-state index >= 15 is 0 Å². The fourth-order valence-electron chi connectivity index (χ4n) is 8.48. The van der Waals surface area contributed by atoms with Crippen molar-refractivity contribution >= 4 is 36.3 Å². The van der Waals surface area contributed by atoms with Crippen LogP contribution in [-0.2, 0) is 18.8 Å². The summed E-state index contributed by atoms with van der Waals surface area (Å²) >= 11 is 0. The van der Waals surface area contributed by atoms with E-state index in [4.69, 9.17) is 9.16 Å². The molecule has 0 fully saturated rings. The summed E-state index contributed by atoms with van der Waals surface area (Å²) < 4.78 is 13.4. The van der Waals surface area contributed by atoms with Crippen molar-refractivity contribution in [1.29, 1.82) is 0 Å². The summed E-state index contributed by atoms with van der Waals surface area (Å²) in [5.74, 6) is -0.239. The molecule has 1 unspecified atom stereocenters. The van der Waals surface area contributed by atoms with Crippen LogP contribution >= 0.6 is 0 Å². The molecule has 0 spiro atoms. The Morgan fingerprint density at radius 1 is 0.627 bits per heavy atom. The lowest BCUT2D eigenvalue weighted by Crippen LogP contribution is -2.67. The van der Waals surface area contributed by atoms with E-state index < -0.39 is 14.4 Å². The van der Waals surface area contributed by atoms with Gasteiger partial charge in [0.25, 0.3) is 8.32 Å². The summed E-state index contributed by atoms with van der Waals surface area (Å²) in [7, 11) is -2.84. The van der Waals surface area contributed by atoms with Crippen LogP contribution in [0.4, 0.5) is 5.69 Å². The number of aromatic hydroxyl groups is 1. The second-order valence-corrected chi connectivity index (χ2v) is 22.1. The van der Waals surface area contributed by atoms with Crippen LogP contribution in [0.1, 0.15) is 182 Å². The summed E-state index contributed by atoms with van der Waals surface area (Å²) in [6, 6.07) is 27.9. The minimum atomic E-state index is -2.84. The van der Waals surface area contributed by atoms with Gasteiger partial charge in [0.1, 0.15) is 11.9 Å². The first-order valence-electron chi connectivity index (χ1n) is 23.7. The lowest BCUT2D eigenvalue weighted by Gasteiger charge is -2.43. The summed E-state index contributed by atoms with van der Waals surface area (Å²) in [5.41, 5.74) is 0.607. The van der Waals surface area contributed by atoms with Crippen molar-refractivity contribution in [2.45, 2.75) is 193 Å². The number of carbonyl (C=O) groups is 2. The number of unbranched alkanes of at least 4 members (excludes halogenated alkanes) is 18. The number of phenolic OH excluding ortho intramolecular Hbond substituents is 1. The number of hydrogen-bond acceptors (Lipinski definition) is 5. The maximum atomic E-state index is 14.5. The topological polar surface area (TPSA) is 76.1 Å². The SMILES string of the molecule is CCCCCCCCCCCCCC(=O)OC(CCCCCCCCCCC)CC(=O)N(CCO[Si](c1ccccc1)(c1ccccc1)C(C)(C)C)c1cccc(O)c1. The molecule has 328 valence electrons. The quantitative estimate of drug-likeness (QED) is 0.0385. The molecule has 7 heteroatoms. The Morgan fingerprint density at radius 3 is 1.58 bits per heavy atom. The van der Waals surface area contributed by atoms with Gasteiger partial charge in [0.15, 0.2) is 0 Å². The molecular formula is C52H81NO5Si. The second-order valence-electron chi connectivity index (χ2n) is 17.8. The summed E-state index contributed by atoms with van der Waals surface area (Å²) in [6.45, 7) is 11.9. The van der Waals surface area contributed by atoms with E-state index in [0.717, 1.165) is 38.5 Å². The zero-order valence-corrected chi connectivity index (χ0v) is 38.9. The van der Waals surface area contributed by atoms with Gasteiger partial charge in [-0.1, -0.05) is 217 Å². The highest BCUT2D eigenvalue weighted by atomic mass is 28.4. The average molecular weight is 828 g/mol. The predicted octanol–water partition coefficient (Wildman–Crippen LogP) is 13.2. The van der Waals surface area contributed by atoms with Crippen molar-refractivity contribution in [2.75, 3.05) is 18.1 Å². The molecule has 1 amide bonds. The molecule has 0 saturated heterocycles. The van der Waals surface area contributed by atoms with Crippen molar-refractivity contribution in [3.63, 3.8) is 0 Å². The maximum absolute atomic E-state index is 14.5. The van der Waals surface area contributed by atoms with E-state index in [1.54, 1.807) is 23.1 Å². The summed E-state index contributed by atoms with van der Waals surface area (Å²) in [4.78, 5) is 29.5. The fourth-order valence-corrected chi connectivity index (χ4v) is 13.0. The molecule has 0 heterocycles. The van der Waals surface area contributed by atoms with Crippen LogP contribution in [0.2, 0.25) is 5.04 Å². The van der Waals surface area contributed by atoms with E-state index in [1.807, 2.05) is 18.2 Å². The molecular weight excluding hydrogens is 747 g/mol. The van der Waals surface area contributed by atoms with Gasteiger partial charge in [-0.3, -0.25) is 9.59 Å². The zero-order chi connectivity index (χ0) is 42.6. The van der Waals surface area contributed by atoms with Gasteiger partial charge >= 0.3 is 5.97 Å². The molecule has 1 N–H and O–H groups in total. The predicted molar refractivity (Wildman–Crippen MR) is 251 cm³/mol. The Balaban J connectivity index is 1.70. The first kappa shape index (κ1) is 49.9. The summed E-state index contributed by atoms with van der Waals surface area (Å²) in [5, 5.41) is 12.7. The van der Waals surface area contributed by atoms with Gasteiger partial charge in [0.2, 0.25) is 5.91 Å². The lowest BCUT2D eigenvalue weighted by atomic mass is 10.0. The Morgan fingerprint density at radius 2 is 1.10 bits per heavy atom. The number of benzene rings is 3. The van der Waals surface area contributed by atoms with E-state index in [9.17, 15) is 14.7 Å². The number of amides is 1. The van der Waals surface area contributed by atoms with Crippen LogP contribution in [0.15, 0.2) is 84.9 Å². The van der Waals surface area contributed by atoms with Gasteiger partial charge in [-0.25, -0.2) is 0 Å². The molecule has 0 bridgehead atoms. The van der Waals surface area contributed by atoms with Gasteiger partial charge in [-0.05, 0) is 46.8 Å². The number of ether oxygens (including phenoxy) is 1. The molecule has 0 radical (unpaired) electrons. The monoisotopic (exact) mass is 828 g/mol. The van der Waals surface area contributed by atoms with Crippen molar-refractivity contribution < 1.29 is 23.9 Å². The molecule has 59 heavy (non-hydrogen) atoms. The molecule has 0 saturated carbocycles. The van der Waals surface area contributed by atoms with Gasteiger partial charge in [0, 0.05) is 24.7 Å². The van der Waals surface area contributed by atoms with E-state index in [0.29, 0.717) is 31.7 Å². The first-order valence-corrected chi connectivity index (χ1v) is 25.6. The van der Waals surface area contributed by atoms with Crippen molar-refractivity contribution in [2.24, 2.45) is 0 Å². The molecule has 3 aromatic carbocycles. The largest absolute Gasteiger partial charge is 0.508 e. The minimum Gasteiger partial charge on any atom is -0.508 e. The number of hydrogen-bond donors (Lipinski definition) is 1. The molecule has 3 rings (SSSR count). The highest BCUT2D eigenvalue weighted by Crippen LogP contribution is 2.37. The lowest BCUT2D eigenvalue weighted by molar-refractivity contribution is -0.150. The molecule has 0 aliphatic heterocycles. The van der Waals surface area contributed by atoms with Gasteiger partial charge in [-0.15, -0.1) is 0 Å². The Hall–Kier alpha value is -3.42. The zero-order valence-electron chi connectivity index (χ0n) is 37.9. The third kappa shape index (κ3) is 18.4. The van der Waals surface area contributed by atoms with Crippen LogP contribution in [0.3, 0.4) is 0 Å². The third-order valence-corrected chi connectivity index (χ3v) is 16.8. The molecule has 3 aromatic rings. The first-order chi connectivity index (χ1) is 28.6. The Labute approximate surface area is 361 Å². The van der Waals surface area contributed by atoms with E-state index in [-0.39, 0.29) is 29.1 Å². The number of esters is 1. The van der Waals surface area contributed by atoms with Gasteiger partial charge in [0.05, 0.1) is 13.0 Å². The Kier molecular flexibility index (Phi) is 24.5. The Bertz CT molecular complexity index is 1500. The average Bonchev–Trinajstić information content (AvgIpc) is 3.22. The number of carbonyl (C=O) groups excluding carboxylic acids is 2. The van der Waals surface area contributed by atoms with Crippen LogP contribution in [-0.4, -0.2) is 44.6 Å². The third-order valence-electron chi connectivity index (χ3n) is 11.8. The van der Waals surface area contributed by atoms with Gasteiger partial charge < -0.3 is 19.2 Å². The highest BCUT2D eigenvalue weighted by Gasteiger charge is 2.50. The van der Waals surface area contributed by atoms with Crippen LogP contribution < -0.4 is 15.3 Å². The van der Waals surface area contributed by atoms with E-state index in [2.05, 4.69) is 83.1 Å². The normalized spacial score (nSPS) is 12.4. The summed E-state index contributed by atoms with van der Waals surface area (Å²) in [6.07, 6.45) is 25.0. The molecule has 0 aromatic heterocycles.